The van der Waals surface area contributed by atoms with Gasteiger partial charge >= 0.3 is 29.2 Å². The second-order valence-corrected chi connectivity index (χ2v) is 4.86. The van der Waals surface area contributed by atoms with Gasteiger partial charge in [0.15, 0.2) is 17.5 Å². The minimum absolute atomic E-state index is 0. The van der Waals surface area contributed by atoms with Gasteiger partial charge in [-0.25, -0.2) is 17.6 Å². The zero-order valence-corrected chi connectivity index (χ0v) is 13.6. The summed E-state index contributed by atoms with van der Waals surface area (Å²) in [6.07, 6.45) is -4.19. The van der Waals surface area contributed by atoms with E-state index in [4.69, 9.17) is 0 Å². The molecule has 116 valence electrons. The molecule has 2 aromatic carbocycles. The van der Waals surface area contributed by atoms with Crippen LogP contribution in [0.3, 0.4) is 0 Å². The molecule has 0 spiro atoms. The number of alkyl halides is 2. The summed E-state index contributed by atoms with van der Waals surface area (Å²) in [4.78, 5) is 0. The molecule has 0 aliphatic rings. The molecular formula is C13H7BrF6MgO. The fourth-order valence-corrected chi connectivity index (χ4v) is 1.85. The Bertz CT molecular complexity index is 681. The zero-order chi connectivity index (χ0) is 15.8. The van der Waals surface area contributed by atoms with E-state index >= 15 is 0 Å². The minimum atomic E-state index is -4.19. The average molecular weight is 397 g/mol. The van der Waals surface area contributed by atoms with E-state index in [9.17, 15) is 26.3 Å². The molecule has 2 aromatic rings. The van der Waals surface area contributed by atoms with Crippen LogP contribution in [0.4, 0.5) is 26.3 Å². The molecule has 22 heavy (non-hydrogen) atoms. The normalized spacial score (nSPS) is 11.0. The second kappa shape index (κ2) is 7.09. The van der Waals surface area contributed by atoms with Gasteiger partial charge in [0.1, 0.15) is 17.1 Å². The van der Waals surface area contributed by atoms with Crippen molar-refractivity contribution < 1.29 is 33.9 Å². The first-order chi connectivity index (χ1) is 9.70. The monoisotopic (exact) mass is 396 g/mol. The van der Waals surface area contributed by atoms with Crippen LogP contribution in [0.2, 0.25) is 0 Å². The molecule has 0 fully saturated rings. The van der Waals surface area contributed by atoms with Gasteiger partial charge in [0.05, 0.1) is 0 Å². The molecule has 0 heterocycles. The van der Waals surface area contributed by atoms with Gasteiger partial charge in [-0.3, -0.25) is 0 Å². The van der Waals surface area contributed by atoms with Crippen molar-refractivity contribution in [3.05, 3.63) is 63.6 Å². The number of benzene rings is 2. The third-order valence-corrected chi connectivity index (χ3v) is 2.94. The molecule has 2 rings (SSSR count). The van der Waals surface area contributed by atoms with Crippen molar-refractivity contribution in [2.75, 3.05) is 0 Å². The molecule has 9 heteroatoms. The predicted molar refractivity (Wildman–Crippen MR) is 72.9 cm³/mol. The van der Waals surface area contributed by atoms with Crippen LogP contribution in [0, 0.1) is 23.3 Å². The van der Waals surface area contributed by atoms with E-state index < -0.39 is 40.7 Å². The summed E-state index contributed by atoms with van der Waals surface area (Å²) in [5.74, 6) is -7.47. The summed E-state index contributed by atoms with van der Waals surface area (Å²) in [5.41, 5.74) is -1.13. The first kappa shape index (κ1) is 19.1. The summed E-state index contributed by atoms with van der Waals surface area (Å²) >= 11 is 2.89. The summed E-state index contributed by atoms with van der Waals surface area (Å²) < 4.78 is 83.9. The quantitative estimate of drug-likeness (QED) is 0.403. The Morgan fingerprint density at radius 3 is 1.95 bits per heavy atom. The van der Waals surface area contributed by atoms with E-state index in [0.29, 0.717) is 0 Å². The molecule has 1 nitrogen and oxygen atoms in total. The Labute approximate surface area is 148 Å². The van der Waals surface area contributed by atoms with Crippen LogP contribution in [-0.4, -0.2) is 23.1 Å². The molecule has 0 aromatic heterocycles. The van der Waals surface area contributed by atoms with Crippen molar-refractivity contribution in [3.63, 3.8) is 0 Å². The van der Waals surface area contributed by atoms with E-state index in [-0.39, 0.29) is 42.5 Å². The third-order valence-electron chi connectivity index (χ3n) is 2.45. The van der Waals surface area contributed by atoms with Gasteiger partial charge < -0.3 is 7.59 Å². The third kappa shape index (κ3) is 4.08. The Morgan fingerprint density at radius 2 is 1.45 bits per heavy atom. The van der Waals surface area contributed by atoms with E-state index in [2.05, 4.69) is 20.7 Å². The number of ether oxygens (including phenoxy) is 1. The van der Waals surface area contributed by atoms with Crippen LogP contribution in [0.25, 0.3) is 0 Å². The Morgan fingerprint density at radius 1 is 0.909 bits per heavy atom. The molecule has 0 N–H and O–H groups in total. The van der Waals surface area contributed by atoms with Crippen LogP contribution in [-0.2, 0) is 6.11 Å². The second-order valence-electron chi connectivity index (χ2n) is 3.94. The van der Waals surface area contributed by atoms with Gasteiger partial charge in [-0.05, 0) is 18.2 Å². The molecule has 0 aliphatic heterocycles. The van der Waals surface area contributed by atoms with Gasteiger partial charge in [-0.15, -0.1) is 0 Å². The van der Waals surface area contributed by atoms with E-state index in [1.165, 1.54) is 0 Å². The molecule has 0 saturated carbocycles. The van der Waals surface area contributed by atoms with Crippen molar-refractivity contribution in [1.29, 1.82) is 0 Å². The first-order valence-electron chi connectivity index (χ1n) is 5.37. The van der Waals surface area contributed by atoms with Crippen molar-refractivity contribution >= 4 is 39.0 Å². The van der Waals surface area contributed by atoms with Crippen LogP contribution in [0.1, 0.15) is 8.42 Å². The van der Waals surface area contributed by atoms with E-state index in [1.807, 2.05) is 0 Å². The molecule has 0 amide bonds. The zero-order valence-electron chi connectivity index (χ0n) is 12.6. The van der Waals surface area contributed by atoms with Crippen LogP contribution in [0.15, 0.2) is 34.8 Å². The van der Waals surface area contributed by atoms with Crippen molar-refractivity contribution in [3.8, 4) is 5.75 Å². The fourth-order valence-electron chi connectivity index (χ4n) is 1.52. The van der Waals surface area contributed by atoms with Gasteiger partial charge in [-0.2, -0.15) is 8.78 Å². The maximum absolute atomic E-state index is 13.8. The molecule has 0 aliphatic carbocycles. The Hall–Kier alpha value is -0.934. The smallest absolute Gasteiger partial charge is 1.00 e. The minimum Gasteiger partial charge on any atom is -1.00 e. The molecule has 0 atom stereocenters. The largest absolute Gasteiger partial charge is 2.00 e. The standard InChI is InChI=1S/C13H5BrF6O.Mg.2H/c14-6-1-2-8(9(15)3-6)13(19,20)21-7-4-10(16)12(18)11(17)5-7;;;/h1-5H;;;/q;+2;2*-1. The molecular weight excluding hydrogens is 390 g/mol. The molecule has 0 bridgehead atoms. The summed E-state index contributed by atoms with van der Waals surface area (Å²) in [6.45, 7) is 0. The Balaban J connectivity index is 0. The van der Waals surface area contributed by atoms with E-state index in [1.54, 1.807) is 0 Å². The average Bonchev–Trinajstić information content (AvgIpc) is 2.34. The Kier molecular flexibility index (Phi) is 6.16. The topological polar surface area (TPSA) is 9.23 Å². The van der Waals surface area contributed by atoms with Crippen LogP contribution in [0.5, 0.6) is 5.75 Å². The van der Waals surface area contributed by atoms with Crippen LogP contribution < -0.4 is 4.74 Å². The maximum atomic E-state index is 13.8. The van der Waals surface area contributed by atoms with Crippen LogP contribution >= 0.6 is 15.9 Å². The summed E-state index contributed by atoms with van der Waals surface area (Å²) in [6, 6.07) is 3.14. The van der Waals surface area contributed by atoms with Gasteiger partial charge in [0.25, 0.3) is 0 Å². The molecule has 0 unspecified atom stereocenters. The summed E-state index contributed by atoms with van der Waals surface area (Å²) in [7, 11) is 0. The first-order valence-corrected chi connectivity index (χ1v) is 6.17. The number of hydrogen-bond donors (Lipinski definition) is 0. The maximum Gasteiger partial charge on any atom is 2.00 e. The predicted octanol–water partition coefficient (Wildman–Crippen LogP) is 4.98. The fraction of sp³-hybridized carbons (Fsp3) is 0.0769. The van der Waals surface area contributed by atoms with Gasteiger partial charge in [-0.1, -0.05) is 15.9 Å². The number of hydrogen-bond acceptors (Lipinski definition) is 1. The number of rotatable bonds is 3. The van der Waals surface area contributed by atoms with E-state index in [0.717, 1.165) is 18.2 Å². The van der Waals surface area contributed by atoms with Gasteiger partial charge in [0.2, 0.25) is 0 Å². The molecule has 0 saturated heterocycles. The molecule has 0 radical (unpaired) electrons. The summed E-state index contributed by atoms with van der Waals surface area (Å²) in [5, 5.41) is 0. The van der Waals surface area contributed by atoms with Gasteiger partial charge in [0, 0.05) is 16.6 Å². The van der Waals surface area contributed by atoms with Crippen molar-refractivity contribution in [2.24, 2.45) is 0 Å². The SMILES string of the molecule is Fc1cc(Br)ccc1C(F)(F)Oc1cc(F)c(F)c(F)c1.[H-].[H-].[Mg+2]. The number of halogens is 7. The van der Waals surface area contributed by atoms with Crippen molar-refractivity contribution in [2.45, 2.75) is 6.11 Å². The van der Waals surface area contributed by atoms with Crippen molar-refractivity contribution in [1.82, 2.24) is 0 Å².